The zero-order chi connectivity index (χ0) is 28.3. The Morgan fingerprint density at radius 2 is 1.85 bits per heavy atom. The van der Waals surface area contributed by atoms with Crippen LogP contribution in [0.1, 0.15) is 51.7 Å². The molecule has 1 fully saturated rings. The Hall–Kier alpha value is -4.63. The van der Waals surface area contributed by atoms with Gasteiger partial charge in [0.25, 0.3) is 5.91 Å². The topological polar surface area (TPSA) is 120 Å². The van der Waals surface area contributed by atoms with Gasteiger partial charge in [0.2, 0.25) is 0 Å². The molecule has 4 heterocycles. The van der Waals surface area contributed by atoms with Gasteiger partial charge in [-0.25, -0.2) is 4.98 Å². The van der Waals surface area contributed by atoms with Gasteiger partial charge >= 0.3 is 0 Å². The molecule has 1 aliphatic heterocycles. The molecule has 3 N–H and O–H groups in total. The molecule has 208 valence electrons. The Bertz CT molecular complexity index is 1700. The van der Waals surface area contributed by atoms with Crippen LogP contribution in [0.5, 0.6) is 0 Å². The molecule has 0 spiro atoms. The summed E-state index contributed by atoms with van der Waals surface area (Å²) in [6, 6.07) is 15.5. The highest BCUT2D eigenvalue weighted by Crippen LogP contribution is 2.31. The van der Waals surface area contributed by atoms with E-state index in [1.165, 1.54) is 11.1 Å². The first-order chi connectivity index (χ1) is 20.0. The normalized spacial score (nSPS) is 14.0. The summed E-state index contributed by atoms with van der Waals surface area (Å²) in [5.74, 6) is 0.503. The molecular weight excluding hydrogens is 514 g/mol. The third kappa shape index (κ3) is 5.28. The highest BCUT2D eigenvalue weighted by Gasteiger charge is 2.29. The smallest absolute Gasteiger partial charge is 0.271 e. The van der Waals surface area contributed by atoms with Crippen molar-refractivity contribution in [3.63, 3.8) is 0 Å². The summed E-state index contributed by atoms with van der Waals surface area (Å²) in [6.07, 6.45) is 6.68. The van der Waals surface area contributed by atoms with Crippen molar-refractivity contribution in [2.45, 2.75) is 33.2 Å². The van der Waals surface area contributed by atoms with Crippen molar-refractivity contribution in [2.75, 3.05) is 19.6 Å². The maximum atomic E-state index is 13.3. The summed E-state index contributed by atoms with van der Waals surface area (Å²) < 4.78 is 0. The fraction of sp³-hybridized carbons (Fsp3) is 0.281. The zero-order valence-electron chi connectivity index (χ0n) is 23.3. The van der Waals surface area contributed by atoms with Gasteiger partial charge < -0.3 is 15.2 Å². The second-order valence-corrected chi connectivity index (χ2v) is 10.5. The molecule has 9 heteroatoms. The van der Waals surface area contributed by atoms with Gasteiger partial charge in [-0.05, 0) is 55.1 Å². The van der Waals surface area contributed by atoms with Crippen LogP contribution in [0.4, 0.5) is 0 Å². The molecule has 0 radical (unpaired) electrons. The molecule has 1 amide bonds. The highest BCUT2D eigenvalue weighted by atomic mass is 16.2. The molecule has 0 saturated carbocycles. The number of hydrogen-bond donors (Lipinski definition) is 3. The van der Waals surface area contributed by atoms with Gasteiger partial charge in [0.05, 0.1) is 11.7 Å². The predicted molar refractivity (Wildman–Crippen MR) is 158 cm³/mol. The van der Waals surface area contributed by atoms with Crippen LogP contribution < -0.4 is 5.32 Å². The average molecular weight is 548 g/mol. The van der Waals surface area contributed by atoms with Gasteiger partial charge in [0.15, 0.2) is 11.6 Å². The largest absolute Gasteiger partial charge is 0.337 e. The van der Waals surface area contributed by atoms with Gasteiger partial charge in [-0.15, -0.1) is 0 Å². The Labute approximate surface area is 238 Å². The quantitative estimate of drug-likeness (QED) is 0.231. The van der Waals surface area contributed by atoms with Crippen LogP contribution in [0.2, 0.25) is 0 Å². The maximum Gasteiger partial charge on any atom is 0.271 e. The number of benzene rings is 2. The fourth-order valence-electron chi connectivity index (χ4n) is 5.56. The van der Waals surface area contributed by atoms with E-state index in [0.29, 0.717) is 43.1 Å². The Morgan fingerprint density at radius 3 is 2.63 bits per heavy atom. The van der Waals surface area contributed by atoms with Gasteiger partial charge in [-0.2, -0.15) is 5.10 Å². The number of nitrogens with one attached hydrogen (secondary N) is 3. The number of Topliss-reactive ketones (excluding diaryl/α,β-unsaturated/α-hetero) is 1. The number of ketones is 1. The number of aromatic nitrogens is 5. The van der Waals surface area contributed by atoms with Crippen molar-refractivity contribution in [2.24, 2.45) is 5.92 Å². The lowest BCUT2D eigenvalue weighted by atomic mass is 9.89. The van der Waals surface area contributed by atoms with E-state index >= 15 is 0 Å². The Morgan fingerprint density at radius 1 is 1.05 bits per heavy atom. The number of carbonyl (C=O) groups is 2. The molecular formula is C32H33N7O2. The van der Waals surface area contributed by atoms with Crippen LogP contribution in [-0.4, -0.2) is 61.4 Å². The summed E-state index contributed by atoms with van der Waals surface area (Å²) >= 11 is 0. The lowest BCUT2D eigenvalue weighted by Crippen LogP contribution is -2.40. The van der Waals surface area contributed by atoms with Crippen LogP contribution >= 0.6 is 0 Å². The predicted octanol–water partition coefficient (Wildman–Crippen LogP) is 5.17. The molecule has 0 unspecified atom stereocenters. The summed E-state index contributed by atoms with van der Waals surface area (Å²) in [6.45, 7) is 6.94. The molecule has 5 aromatic rings. The molecule has 41 heavy (non-hydrogen) atoms. The van der Waals surface area contributed by atoms with E-state index < -0.39 is 0 Å². The maximum absolute atomic E-state index is 13.3. The molecule has 0 aliphatic carbocycles. The number of aromatic amines is 2. The second-order valence-electron chi connectivity index (χ2n) is 10.5. The second kappa shape index (κ2) is 11.5. The lowest BCUT2D eigenvalue weighted by Gasteiger charge is -2.31. The van der Waals surface area contributed by atoms with Crippen molar-refractivity contribution in [3.05, 3.63) is 89.5 Å². The van der Waals surface area contributed by atoms with Crippen LogP contribution in [0, 0.1) is 12.8 Å². The van der Waals surface area contributed by atoms with E-state index in [1.54, 1.807) is 11.1 Å². The molecule has 1 aliphatic rings. The number of imidazole rings is 1. The number of piperidine rings is 1. The molecule has 0 bridgehead atoms. The molecule has 1 saturated heterocycles. The van der Waals surface area contributed by atoms with E-state index in [2.05, 4.69) is 56.4 Å². The minimum absolute atomic E-state index is 0.0640. The van der Waals surface area contributed by atoms with Gasteiger partial charge in [0.1, 0.15) is 11.4 Å². The minimum atomic E-state index is -0.117. The summed E-state index contributed by atoms with van der Waals surface area (Å²) in [5.41, 5.74) is 7.15. The summed E-state index contributed by atoms with van der Waals surface area (Å²) in [5, 5.41) is 11.9. The van der Waals surface area contributed by atoms with Gasteiger partial charge in [-0.3, -0.25) is 19.7 Å². The number of H-pyrrole nitrogens is 2. The number of amides is 1. The van der Waals surface area contributed by atoms with Gasteiger partial charge in [-0.1, -0.05) is 43.3 Å². The first-order valence-corrected chi connectivity index (χ1v) is 14.1. The van der Waals surface area contributed by atoms with E-state index in [4.69, 9.17) is 0 Å². The highest BCUT2D eigenvalue weighted by molar-refractivity contribution is 5.99. The third-order valence-corrected chi connectivity index (χ3v) is 8.00. The van der Waals surface area contributed by atoms with E-state index in [9.17, 15) is 9.59 Å². The first kappa shape index (κ1) is 26.6. The van der Waals surface area contributed by atoms with Crippen LogP contribution in [0.15, 0.2) is 67.1 Å². The minimum Gasteiger partial charge on any atom is -0.337 e. The van der Waals surface area contributed by atoms with E-state index in [-0.39, 0.29) is 17.6 Å². The average Bonchev–Trinajstić information content (AvgIpc) is 3.67. The monoisotopic (exact) mass is 547 g/mol. The number of nitrogens with zero attached hydrogens (tertiary/aromatic N) is 4. The Kier molecular flexibility index (Phi) is 7.43. The van der Waals surface area contributed by atoms with Crippen LogP contribution in [0.25, 0.3) is 33.5 Å². The van der Waals surface area contributed by atoms with Crippen molar-refractivity contribution >= 4 is 22.6 Å². The summed E-state index contributed by atoms with van der Waals surface area (Å²) in [7, 11) is 0. The zero-order valence-corrected chi connectivity index (χ0v) is 23.3. The fourth-order valence-corrected chi connectivity index (χ4v) is 5.56. The Balaban J connectivity index is 1.19. The number of hydrogen-bond acceptors (Lipinski definition) is 6. The van der Waals surface area contributed by atoms with Crippen molar-refractivity contribution in [3.8, 4) is 22.6 Å². The number of rotatable bonds is 8. The van der Waals surface area contributed by atoms with Crippen LogP contribution in [0.3, 0.4) is 0 Å². The van der Waals surface area contributed by atoms with E-state index in [0.717, 1.165) is 40.7 Å². The molecule has 9 nitrogen and oxygen atoms in total. The van der Waals surface area contributed by atoms with Crippen molar-refractivity contribution < 1.29 is 9.59 Å². The molecule has 3 aromatic heterocycles. The molecule has 0 atom stereocenters. The molecule has 2 aromatic carbocycles. The number of carbonyl (C=O) groups excluding carboxylic acids is 2. The van der Waals surface area contributed by atoms with Gasteiger partial charge in [0, 0.05) is 54.5 Å². The molecule has 6 rings (SSSR count). The van der Waals surface area contributed by atoms with Crippen molar-refractivity contribution in [1.82, 2.24) is 35.4 Å². The summed E-state index contributed by atoms with van der Waals surface area (Å²) in [4.78, 5) is 40.1. The van der Waals surface area contributed by atoms with E-state index in [1.807, 2.05) is 48.8 Å². The number of pyridine rings is 1. The third-order valence-electron chi connectivity index (χ3n) is 8.00. The number of likely N-dealkylation sites (tertiary alicyclic amines) is 1. The van der Waals surface area contributed by atoms with Crippen LogP contribution in [-0.2, 0) is 6.54 Å². The first-order valence-electron chi connectivity index (χ1n) is 14.1. The standard InChI is InChI=1S/C32H33N7O2/c1-3-33-16-24-17-34-18-26(20(24)2)23-9-10-27-25(15-23)29(38-37-27)31-35-19-28(36-31)32(41)39-13-11-22(12-14-39)30(40)21-7-5-4-6-8-21/h4-10,15,17-19,22,33H,3,11-14,16H2,1-2H3,(H,35,36)(H,37,38). The lowest BCUT2D eigenvalue weighted by molar-refractivity contribution is 0.0646. The number of fused-ring (bicyclic) bond motifs is 1. The SMILES string of the molecule is CCNCc1cncc(-c2ccc3[nH]nc(-c4ncc(C(=O)N5CCC(C(=O)c6ccccc6)CC5)[nH]4)c3c2)c1C. The van der Waals surface area contributed by atoms with Crippen molar-refractivity contribution in [1.29, 1.82) is 0 Å².